The number of fused-ring (bicyclic) bond motifs is 3. The van der Waals surface area contributed by atoms with Crippen LogP contribution in [0.2, 0.25) is 0 Å². The number of rotatable bonds is 7. The Morgan fingerprint density at radius 3 is 2.59 bits per heavy atom. The highest BCUT2D eigenvalue weighted by Crippen LogP contribution is 2.35. The average molecular weight is 393 g/mol. The lowest BCUT2D eigenvalue weighted by Gasteiger charge is -2.28. The number of aliphatic hydroxyl groups excluding tert-OH is 1. The van der Waals surface area contributed by atoms with Gasteiger partial charge < -0.3 is 19.3 Å². The summed E-state index contributed by atoms with van der Waals surface area (Å²) >= 11 is 0. The second-order valence-electron chi connectivity index (χ2n) is 8.39. The zero-order chi connectivity index (χ0) is 20.2. The molecule has 1 aliphatic rings. The van der Waals surface area contributed by atoms with Crippen LogP contribution in [0.15, 0.2) is 54.1 Å². The Labute approximate surface area is 173 Å². The summed E-state index contributed by atoms with van der Waals surface area (Å²) in [7, 11) is 0. The van der Waals surface area contributed by atoms with Crippen molar-refractivity contribution in [2.45, 2.75) is 45.8 Å². The molecule has 1 N–H and O–H groups in total. The third kappa shape index (κ3) is 4.49. The molecule has 29 heavy (non-hydrogen) atoms. The minimum absolute atomic E-state index is 0.323. The first-order chi connectivity index (χ1) is 14.1. The first-order valence-corrected chi connectivity index (χ1v) is 10.8. The summed E-state index contributed by atoms with van der Waals surface area (Å²) in [6.07, 6.45) is 5.56. The highest BCUT2D eigenvalue weighted by atomic mass is 16.5. The van der Waals surface area contributed by atoms with Gasteiger partial charge >= 0.3 is 0 Å². The molecule has 4 rings (SSSR count). The number of aliphatic hydroxyl groups is 1. The van der Waals surface area contributed by atoms with Crippen molar-refractivity contribution in [2.24, 2.45) is 0 Å². The van der Waals surface area contributed by atoms with Crippen molar-refractivity contribution < 1.29 is 9.84 Å². The fourth-order valence-electron chi connectivity index (χ4n) is 4.33. The van der Waals surface area contributed by atoms with Crippen LogP contribution >= 0.6 is 0 Å². The van der Waals surface area contributed by atoms with Crippen LogP contribution in [-0.2, 0) is 6.54 Å². The number of nitrogens with zero attached hydrogens (tertiary/aromatic N) is 2. The summed E-state index contributed by atoms with van der Waals surface area (Å²) < 4.78 is 8.51. The first-order valence-electron chi connectivity index (χ1n) is 10.8. The summed E-state index contributed by atoms with van der Waals surface area (Å²) in [5, 5.41) is 12.9. The number of ether oxygens (including phenoxy) is 1. The minimum atomic E-state index is -0.470. The highest BCUT2D eigenvalue weighted by Gasteiger charge is 2.17. The molecule has 2 heterocycles. The maximum Gasteiger partial charge on any atom is 0.129 e. The zero-order valence-electron chi connectivity index (χ0n) is 17.6. The number of likely N-dealkylation sites (tertiary alicyclic amines) is 1. The Kier molecular flexibility index (Phi) is 6.22. The lowest BCUT2D eigenvalue weighted by atomic mass is 10.1. The van der Waals surface area contributed by atoms with E-state index < -0.39 is 6.10 Å². The lowest BCUT2D eigenvalue weighted by Crippen LogP contribution is -2.38. The van der Waals surface area contributed by atoms with Crippen LogP contribution in [0.1, 0.15) is 33.1 Å². The van der Waals surface area contributed by atoms with Gasteiger partial charge in [0.15, 0.2) is 0 Å². The molecule has 1 fully saturated rings. The number of allylic oxidation sites excluding steroid dienone is 2. The maximum atomic E-state index is 10.5. The summed E-state index contributed by atoms with van der Waals surface area (Å²) in [6, 6.07) is 14.7. The molecule has 0 radical (unpaired) electrons. The van der Waals surface area contributed by atoms with Crippen molar-refractivity contribution in [3.63, 3.8) is 0 Å². The van der Waals surface area contributed by atoms with Gasteiger partial charge in [-0.25, -0.2) is 0 Å². The summed E-state index contributed by atoms with van der Waals surface area (Å²) in [5.74, 6) is 0.854. The van der Waals surface area contributed by atoms with Crippen molar-refractivity contribution in [3.05, 3.63) is 54.1 Å². The number of aromatic nitrogens is 1. The number of β-amino-alcohol motifs (C(OH)–C–C–N with tert-alkyl or cyclic N) is 1. The zero-order valence-corrected chi connectivity index (χ0v) is 17.6. The molecule has 2 aromatic carbocycles. The van der Waals surface area contributed by atoms with Gasteiger partial charge in [0.2, 0.25) is 0 Å². The van der Waals surface area contributed by atoms with Gasteiger partial charge in [0.1, 0.15) is 18.5 Å². The Morgan fingerprint density at radius 2 is 1.79 bits per heavy atom. The third-order valence-electron chi connectivity index (χ3n) is 5.79. The molecule has 1 saturated heterocycles. The van der Waals surface area contributed by atoms with E-state index in [4.69, 9.17) is 4.74 Å². The van der Waals surface area contributed by atoms with Crippen LogP contribution in [0, 0.1) is 0 Å². The fraction of sp³-hybridized carbons (Fsp3) is 0.440. The molecule has 0 saturated carbocycles. The molecule has 3 aromatic rings. The van der Waals surface area contributed by atoms with Gasteiger partial charge in [0.05, 0.1) is 5.52 Å². The van der Waals surface area contributed by atoms with E-state index in [1.807, 2.05) is 12.1 Å². The van der Waals surface area contributed by atoms with Gasteiger partial charge in [-0.15, -0.1) is 0 Å². The lowest BCUT2D eigenvalue weighted by molar-refractivity contribution is 0.0622. The first kappa shape index (κ1) is 20.0. The maximum absolute atomic E-state index is 10.5. The Balaban J connectivity index is 1.60. The Bertz CT molecular complexity index is 995. The van der Waals surface area contributed by atoms with E-state index in [0.717, 1.165) is 30.8 Å². The molecular formula is C25H32N2O2. The van der Waals surface area contributed by atoms with E-state index in [1.165, 1.54) is 41.3 Å². The number of hydrogen-bond acceptors (Lipinski definition) is 3. The molecular weight excluding hydrogens is 360 g/mol. The van der Waals surface area contributed by atoms with E-state index in [0.29, 0.717) is 13.2 Å². The van der Waals surface area contributed by atoms with E-state index in [-0.39, 0.29) is 0 Å². The molecule has 1 aromatic heterocycles. The third-order valence-corrected chi connectivity index (χ3v) is 5.79. The molecule has 4 nitrogen and oxygen atoms in total. The quantitative estimate of drug-likeness (QED) is 0.576. The van der Waals surface area contributed by atoms with Gasteiger partial charge in [-0.2, -0.15) is 0 Å². The van der Waals surface area contributed by atoms with Crippen molar-refractivity contribution in [1.29, 1.82) is 0 Å². The molecule has 0 aliphatic carbocycles. The van der Waals surface area contributed by atoms with Gasteiger partial charge in [-0.3, -0.25) is 0 Å². The van der Waals surface area contributed by atoms with Crippen LogP contribution in [-0.4, -0.2) is 46.9 Å². The van der Waals surface area contributed by atoms with Crippen molar-refractivity contribution in [1.82, 2.24) is 9.47 Å². The monoisotopic (exact) mass is 392 g/mol. The van der Waals surface area contributed by atoms with Crippen LogP contribution in [0.4, 0.5) is 0 Å². The minimum Gasteiger partial charge on any atom is -0.490 e. The summed E-state index contributed by atoms with van der Waals surface area (Å²) in [6.45, 7) is 8.29. The molecule has 0 spiro atoms. The molecule has 4 heteroatoms. The SMILES string of the molecule is CC(C)=CCn1c2ccccc2c2c(OCC(O)CN3CCCCC3)cccc21. The van der Waals surface area contributed by atoms with Crippen LogP contribution in [0.3, 0.4) is 0 Å². The standard InChI is InChI=1S/C25H32N2O2/c1-19(2)13-16-27-22-10-5-4-9-21(22)25-23(27)11-8-12-24(25)29-18-20(28)17-26-14-6-3-7-15-26/h4-5,8-13,20,28H,3,6-7,14-18H2,1-2H3. The highest BCUT2D eigenvalue weighted by molar-refractivity contribution is 6.11. The smallest absolute Gasteiger partial charge is 0.129 e. The second-order valence-corrected chi connectivity index (χ2v) is 8.39. The number of piperidine rings is 1. The van der Waals surface area contributed by atoms with Gasteiger partial charge in [-0.1, -0.05) is 42.3 Å². The van der Waals surface area contributed by atoms with E-state index in [2.05, 4.69) is 59.7 Å². The molecule has 0 bridgehead atoms. The molecule has 154 valence electrons. The number of para-hydroxylation sites is 1. The van der Waals surface area contributed by atoms with Crippen LogP contribution in [0.5, 0.6) is 5.75 Å². The summed E-state index contributed by atoms with van der Waals surface area (Å²) in [5.41, 5.74) is 3.70. The van der Waals surface area contributed by atoms with Gasteiger partial charge in [-0.05, 0) is 58.0 Å². The van der Waals surface area contributed by atoms with E-state index in [1.54, 1.807) is 0 Å². The van der Waals surface area contributed by atoms with Crippen LogP contribution < -0.4 is 4.74 Å². The Hall–Kier alpha value is -2.30. The van der Waals surface area contributed by atoms with Crippen molar-refractivity contribution >= 4 is 21.8 Å². The largest absolute Gasteiger partial charge is 0.490 e. The predicted molar refractivity (Wildman–Crippen MR) is 121 cm³/mol. The van der Waals surface area contributed by atoms with Gasteiger partial charge in [0.25, 0.3) is 0 Å². The van der Waals surface area contributed by atoms with Crippen molar-refractivity contribution in [3.8, 4) is 5.75 Å². The molecule has 0 amide bonds. The fourth-order valence-corrected chi connectivity index (χ4v) is 4.33. The molecule has 1 atom stereocenters. The number of benzene rings is 2. The van der Waals surface area contributed by atoms with E-state index >= 15 is 0 Å². The second kappa shape index (κ2) is 9.02. The average Bonchev–Trinajstić information content (AvgIpc) is 3.06. The van der Waals surface area contributed by atoms with E-state index in [9.17, 15) is 5.11 Å². The molecule has 1 aliphatic heterocycles. The predicted octanol–water partition coefficient (Wildman–Crippen LogP) is 4.99. The normalized spacial score (nSPS) is 16.2. The van der Waals surface area contributed by atoms with Crippen LogP contribution in [0.25, 0.3) is 21.8 Å². The topological polar surface area (TPSA) is 37.6 Å². The Morgan fingerprint density at radius 1 is 1.03 bits per heavy atom. The number of hydrogen-bond donors (Lipinski definition) is 1. The molecule has 1 unspecified atom stereocenters. The van der Waals surface area contributed by atoms with Gasteiger partial charge in [0, 0.05) is 29.4 Å². The summed E-state index contributed by atoms with van der Waals surface area (Å²) in [4.78, 5) is 2.35. The van der Waals surface area contributed by atoms with Crippen molar-refractivity contribution in [2.75, 3.05) is 26.2 Å².